The smallest absolute Gasteiger partial charge is 0.262 e. The number of aryl methyl sites for hydroxylation is 2. The van der Waals surface area contributed by atoms with Crippen molar-refractivity contribution < 1.29 is 19.1 Å². The van der Waals surface area contributed by atoms with Crippen molar-refractivity contribution in [2.45, 2.75) is 13.8 Å². The summed E-state index contributed by atoms with van der Waals surface area (Å²) in [6.07, 6.45) is 1.46. The van der Waals surface area contributed by atoms with E-state index in [0.29, 0.717) is 28.4 Å². The summed E-state index contributed by atoms with van der Waals surface area (Å²) < 4.78 is 5.72. The van der Waals surface area contributed by atoms with Gasteiger partial charge in [0.15, 0.2) is 0 Å². The maximum absolute atomic E-state index is 12.4. The molecule has 2 aromatic carbocycles. The third kappa shape index (κ3) is 3.77. The molecule has 3 aromatic rings. The van der Waals surface area contributed by atoms with E-state index in [1.807, 2.05) is 32.0 Å². The highest BCUT2D eigenvalue weighted by molar-refractivity contribution is 6.22. The summed E-state index contributed by atoms with van der Waals surface area (Å²) in [5.74, 6) is -0.374. The fraction of sp³-hybridized carbons (Fsp3) is 0.130. The number of hydrogen-bond donors (Lipinski definition) is 1. The Labute approximate surface area is 173 Å². The first-order valence-corrected chi connectivity index (χ1v) is 9.38. The van der Waals surface area contributed by atoms with Crippen molar-refractivity contribution >= 4 is 23.4 Å². The summed E-state index contributed by atoms with van der Waals surface area (Å²) in [4.78, 5) is 42.2. The number of nitrogens with zero attached hydrogens (tertiary/aromatic N) is 2. The number of benzene rings is 2. The second kappa shape index (κ2) is 7.79. The minimum atomic E-state index is -0.492. The van der Waals surface area contributed by atoms with Crippen LogP contribution in [0.2, 0.25) is 0 Å². The Morgan fingerprint density at radius 1 is 0.967 bits per heavy atom. The molecule has 0 aliphatic carbocycles. The molecule has 4 rings (SSSR count). The SMILES string of the molecule is Cc1ccc(Oc2ccc(NC(=O)CN3C(=O)c4ccccc4C3=O)cn2)cc1C. The number of fused-ring (bicyclic) bond motifs is 1. The van der Waals surface area contributed by atoms with Crippen molar-refractivity contribution in [2.75, 3.05) is 11.9 Å². The maximum Gasteiger partial charge on any atom is 0.262 e. The van der Waals surface area contributed by atoms with Gasteiger partial charge in [0.2, 0.25) is 11.8 Å². The van der Waals surface area contributed by atoms with Crippen molar-refractivity contribution in [2.24, 2.45) is 0 Å². The number of aromatic nitrogens is 1. The lowest BCUT2D eigenvalue weighted by molar-refractivity contribution is -0.116. The van der Waals surface area contributed by atoms with E-state index in [2.05, 4.69) is 10.3 Å². The summed E-state index contributed by atoms with van der Waals surface area (Å²) in [5.41, 5.74) is 3.34. The van der Waals surface area contributed by atoms with Gasteiger partial charge in [0.05, 0.1) is 23.0 Å². The molecule has 7 heteroatoms. The molecule has 0 fully saturated rings. The second-order valence-electron chi connectivity index (χ2n) is 7.02. The largest absolute Gasteiger partial charge is 0.439 e. The van der Waals surface area contributed by atoms with Crippen LogP contribution in [0.1, 0.15) is 31.8 Å². The van der Waals surface area contributed by atoms with Crippen molar-refractivity contribution in [1.29, 1.82) is 0 Å². The van der Waals surface area contributed by atoms with Crippen LogP contribution in [-0.4, -0.2) is 34.2 Å². The van der Waals surface area contributed by atoms with Gasteiger partial charge in [0.1, 0.15) is 12.3 Å². The lowest BCUT2D eigenvalue weighted by Crippen LogP contribution is -2.37. The predicted octanol–water partition coefficient (Wildman–Crippen LogP) is 3.73. The van der Waals surface area contributed by atoms with Crippen molar-refractivity contribution in [3.05, 3.63) is 83.0 Å². The van der Waals surface area contributed by atoms with E-state index in [1.165, 1.54) is 11.8 Å². The molecule has 150 valence electrons. The minimum absolute atomic E-state index is 0.310. The fourth-order valence-electron chi connectivity index (χ4n) is 3.14. The first-order chi connectivity index (χ1) is 14.4. The molecule has 7 nitrogen and oxygen atoms in total. The number of carbonyl (C=O) groups is 3. The molecule has 0 unspecified atom stereocenters. The summed E-state index contributed by atoms with van der Waals surface area (Å²) in [5, 5.41) is 2.64. The van der Waals surface area contributed by atoms with Crippen LogP contribution in [0, 0.1) is 13.8 Å². The number of ether oxygens (including phenoxy) is 1. The summed E-state index contributed by atoms with van der Waals surface area (Å²) in [6.45, 7) is 3.66. The van der Waals surface area contributed by atoms with Crippen LogP contribution in [0.4, 0.5) is 5.69 Å². The van der Waals surface area contributed by atoms with E-state index in [9.17, 15) is 14.4 Å². The van der Waals surface area contributed by atoms with E-state index in [0.717, 1.165) is 10.5 Å². The van der Waals surface area contributed by atoms with E-state index in [1.54, 1.807) is 36.4 Å². The van der Waals surface area contributed by atoms with Gasteiger partial charge in [-0.15, -0.1) is 0 Å². The van der Waals surface area contributed by atoms with Crippen molar-refractivity contribution in [1.82, 2.24) is 9.88 Å². The van der Waals surface area contributed by atoms with Crippen LogP contribution in [0.15, 0.2) is 60.8 Å². The van der Waals surface area contributed by atoms with E-state index in [4.69, 9.17) is 4.74 Å². The molecular weight excluding hydrogens is 382 g/mol. The highest BCUT2D eigenvalue weighted by atomic mass is 16.5. The lowest BCUT2D eigenvalue weighted by Gasteiger charge is -2.13. The standard InChI is InChI=1S/C23H19N3O4/c1-14-7-9-17(11-15(14)2)30-21-10-8-16(12-24-21)25-20(27)13-26-22(28)18-5-3-4-6-19(18)23(26)29/h3-12H,13H2,1-2H3,(H,25,27). The number of imide groups is 1. The highest BCUT2D eigenvalue weighted by Crippen LogP contribution is 2.24. The van der Waals surface area contributed by atoms with Crippen molar-refractivity contribution in [3.63, 3.8) is 0 Å². The average Bonchev–Trinajstić information content (AvgIpc) is 2.97. The first kappa shape index (κ1) is 19.3. The number of anilines is 1. The van der Waals surface area contributed by atoms with Gasteiger partial charge < -0.3 is 10.1 Å². The second-order valence-corrected chi connectivity index (χ2v) is 7.02. The average molecular weight is 401 g/mol. The zero-order valence-corrected chi connectivity index (χ0v) is 16.5. The van der Waals surface area contributed by atoms with Gasteiger partial charge in [0.25, 0.3) is 11.8 Å². The molecule has 0 atom stereocenters. The fourth-order valence-corrected chi connectivity index (χ4v) is 3.14. The van der Waals surface area contributed by atoms with E-state index in [-0.39, 0.29) is 6.54 Å². The molecule has 1 aliphatic rings. The molecule has 0 radical (unpaired) electrons. The van der Waals surface area contributed by atoms with Crippen LogP contribution >= 0.6 is 0 Å². The Morgan fingerprint density at radius 2 is 1.67 bits per heavy atom. The van der Waals surface area contributed by atoms with E-state index >= 15 is 0 Å². The quantitative estimate of drug-likeness (QED) is 0.658. The molecule has 0 saturated heterocycles. The summed E-state index contributed by atoms with van der Waals surface area (Å²) in [7, 11) is 0. The van der Waals surface area contributed by atoms with Gasteiger partial charge >= 0.3 is 0 Å². The molecular formula is C23H19N3O4. The van der Waals surface area contributed by atoms with Crippen molar-refractivity contribution in [3.8, 4) is 11.6 Å². The van der Waals surface area contributed by atoms with Gasteiger partial charge in [-0.3, -0.25) is 19.3 Å². The Kier molecular flexibility index (Phi) is 5.02. The molecule has 0 saturated carbocycles. The number of nitrogens with one attached hydrogen (secondary N) is 1. The first-order valence-electron chi connectivity index (χ1n) is 9.38. The Morgan fingerprint density at radius 3 is 2.27 bits per heavy atom. The van der Waals surface area contributed by atoms with Crippen LogP contribution in [0.5, 0.6) is 11.6 Å². The zero-order chi connectivity index (χ0) is 21.3. The Hall–Kier alpha value is -4.00. The number of amides is 3. The molecule has 1 aromatic heterocycles. The third-order valence-electron chi connectivity index (χ3n) is 4.90. The lowest BCUT2D eigenvalue weighted by atomic mass is 10.1. The van der Waals surface area contributed by atoms with Crippen LogP contribution in [0.3, 0.4) is 0 Å². The van der Waals surface area contributed by atoms with Crippen LogP contribution < -0.4 is 10.1 Å². The monoisotopic (exact) mass is 401 g/mol. The third-order valence-corrected chi connectivity index (χ3v) is 4.90. The van der Waals surface area contributed by atoms with Crippen LogP contribution in [-0.2, 0) is 4.79 Å². The van der Waals surface area contributed by atoms with Gasteiger partial charge in [-0.25, -0.2) is 4.98 Å². The number of carbonyl (C=O) groups excluding carboxylic acids is 3. The Balaban J connectivity index is 1.38. The summed E-state index contributed by atoms with van der Waals surface area (Å²) >= 11 is 0. The normalized spacial score (nSPS) is 12.7. The molecule has 0 spiro atoms. The molecule has 2 heterocycles. The van der Waals surface area contributed by atoms with E-state index < -0.39 is 17.7 Å². The summed E-state index contributed by atoms with van der Waals surface area (Å²) in [6, 6.07) is 15.5. The van der Waals surface area contributed by atoms with Gasteiger partial charge in [-0.2, -0.15) is 0 Å². The molecule has 1 aliphatic heterocycles. The Bertz CT molecular complexity index is 1120. The molecule has 3 amide bonds. The number of hydrogen-bond acceptors (Lipinski definition) is 5. The van der Waals surface area contributed by atoms with Crippen LogP contribution in [0.25, 0.3) is 0 Å². The zero-order valence-electron chi connectivity index (χ0n) is 16.5. The maximum atomic E-state index is 12.4. The molecule has 0 bridgehead atoms. The molecule has 30 heavy (non-hydrogen) atoms. The predicted molar refractivity (Wildman–Crippen MR) is 111 cm³/mol. The minimum Gasteiger partial charge on any atom is -0.439 e. The van der Waals surface area contributed by atoms with Gasteiger partial charge in [0, 0.05) is 6.07 Å². The topological polar surface area (TPSA) is 88.6 Å². The molecule has 1 N–H and O–H groups in total. The number of rotatable bonds is 5. The number of pyridine rings is 1. The van der Waals surface area contributed by atoms with Gasteiger partial charge in [-0.05, 0) is 55.3 Å². The highest BCUT2D eigenvalue weighted by Gasteiger charge is 2.36. The van der Waals surface area contributed by atoms with Gasteiger partial charge in [-0.1, -0.05) is 18.2 Å².